The van der Waals surface area contributed by atoms with E-state index in [1.807, 2.05) is 45.9 Å². The average Bonchev–Trinajstić information content (AvgIpc) is 3.95. The summed E-state index contributed by atoms with van der Waals surface area (Å²) >= 11 is 0. The van der Waals surface area contributed by atoms with Gasteiger partial charge < -0.3 is 29.7 Å². The topological polar surface area (TPSA) is 168 Å². The fourth-order valence-corrected chi connectivity index (χ4v) is 10.2. The summed E-state index contributed by atoms with van der Waals surface area (Å²) in [6, 6.07) is 0. The molecule has 67 heavy (non-hydrogen) atoms. The third-order valence-corrected chi connectivity index (χ3v) is 14.4. The van der Waals surface area contributed by atoms with Crippen molar-refractivity contribution in [1.29, 1.82) is 0 Å². The second-order valence-electron chi connectivity index (χ2n) is 20.0. The molecule has 1 unspecified atom stereocenters. The minimum atomic E-state index is -2.87. The van der Waals surface area contributed by atoms with Crippen LogP contribution in [0.3, 0.4) is 0 Å². The fourth-order valence-electron chi connectivity index (χ4n) is 10.2. The molecule has 6 heterocycles. The minimum absolute atomic E-state index is 0.0246. The van der Waals surface area contributed by atoms with Crippen LogP contribution >= 0.6 is 0 Å². The number of rotatable bonds is 19. The maximum Gasteiger partial charge on any atom is 0.384 e. The Morgan fingerprint density at radius 3 is 2.16 bits per heavy atom. The van der Waals surface area contributed by atoms with Crippen molar-refractivity contribution >= 4 is 35.0 Å². The molecule has 0 amide bonds. The third-order valence-electron chi connectivity index (χ3n) is 14.4. The first-order chi connectivity index (χ1) is 31.8. The molecule has 6 aliphatic rings. The molecule has 6 rings (SSSR count). The van der Waals surface area contributed by atoms with Crippen molar-refractivity contribution in [2.75, 3.05) is 13.7 Å². The zero-order chi connectivity index (χ0) is 48.9. The van der Waals surface area contributed by atoms with Gasteiger partial charge in [0.05, 0.1) is 58.2 Å². The lowest BCUT2D eigenvalue weighted by atomic mass is 9.82. The van der Waals surface area contributed by atoms with E-state index in [0.29, 0.717) is 63.4 Å². The molecular formula is C55H74N4O8. The second kappa shape index (κ2) is 21.7. The van der Waals surface area contributed by atoms with Gasteiger partial charge in [0.25, 0.3) is 0 Å². The van der Waals surface area contributed by atoms with Crippen molar-refractivity contribution < 1.29 is 38.8 Å². The average molecular weight is 919 g/mol. The van der Waals surface area contributed by atoms with Crippen LogP contribution in [0.4, 0.5) is 0 Å². The molecule has 3 N–H and O–H groups in total. The highest BCUT2D eigenvalue weighted by molar-refractivity contribution is 6.34. The zero-order valence-electron chi connectivity index (χ0n) is 42.1. The van der Waals surface area contributed by atoms with Gasteiger partial charge in [0.1, 0.15) is 6.61 Å². The quantitative estimate of drug-likeness (QED) is 0.0494. The third kappa shape index (κ3) is 11.2. The molecule has 12 heteroatoms. The summed E-state index contributed by atoms with van der Waals surface area (Å²) in [5.41, 5.74) is 8.93. The fraction of sp³-hybridized carbons (Fsp3) is 0.564. The van der Waals surface area contributed by atoms with Crippen LogP contribution in [0.1, 0.15) is 153 Å². The first-order valence-electron chi connectivity index (χ1n) is 24.6. The van der Waals surface area contributed by atoms with Gasteiger partial charge in [-0.15, -0.1) is 0 Å². The van der Waals surface area contributed by atoms with Crippen LogP contribution in [0.2, 0.25) is 0 Å². The van der Waals surface area contributed by atoms with Gasteiger partial charge in [-0.3, -0.25) is 4.79 Å². The Balaban J connectivity index is 1.25. The molecule has 0 radical (unpaired) electrons. The maximum atomic E-state index is 13.8. The smallest absolute Gasteiger partial charge is 0.384 e. The molecule has 0 saturated carbocycles. The van der Waals surface area contributed by atoms with Crippen molar-refractivity contribution in [3.05, 3.63) is 103 Å². The summed E-state index contributed by atoms with van der Waals surface area (Å²) in [6.45, 7) is 22.9. The predicted octanol–water partition coefficient (Wildman–Crippen LogP) is 11.4. The Kier molecular flexibility index (Phi) is 16.6. The van der Waals surface area contributed by atoms with Crippen molar-refractivity contribution in [2.45, 2.75) is 159 Å². The number of nitrogens with zero attached hydrogens (tertiary/aromatic N) is 3. The molecule has 5 atom stereocenters. The van der Waals surface area contributed by atoms with Gasteiger partial charge in [-0.1, -0.05) is 92.1 Å². The highest BCUT2D eigenvalue weighted by Crippen LogP contribution is 2.47. The number of methoxy groups -OCH3 is 1. The summed E-state index contributed by atoms with van der Waals surface area (Å²) in [7, 11) is 1.11. The van der Waals surface area contributed by atoms with E-state index in [1.165, 1.54) is 50.5 Å². The molecule has 0 aliphatic carbocycles. The number of fused-ring (bicyclic) bond motifs is 5. The minimum Gasteiger partial charge on any atom is -0.512 e. The van der Waals surface area contributed by atoms with Gasteiger partial charge in [-0.2, -0.15) is 0 Å². The van der Waals surface area contributed by atoms with Crippen molar-refractivity contribution in [2.24, 2.45) is 44.6 Å². The van der Waals surface area contributed by atoms with Gasteiger partial charge in [0.15, 0.2) is 0 Å². The molecule has 6 aliphatic heterocycles. The van der Waals surface area contributed by atoms with Gasteiger partial charge in [0.2, 0.25) is 0 Å². The molecular weight excluding hydrogens is 845 g/mol. The van der Waals surface area contributed by atoms with Gasteiger partial charge in [0, 0.05) is 35.2 Å². The van der Waals surface area contributed by atoms with E-state index in [-0.39, 0.29) is 48.0 Å². The van der Waals surface area contributed by atoms with Crippen LogP contribution in [0.5, 0.6) is 0 Å². The Morgan fingerprint density at radius 1 is 0.881 bits per heavy atom. The van der Waals surface area contributed by atoms with E-state index in [9.17, 15) is 24.6 Å². The monoisotopic (exact) mass is 919 g/mol. The summed E-state index contributed by atoms with van der Waals surface area (Å²) in [5.74, 6) is -3.88. The number of nitrogens with one attached hydrogen (secondary N) is 1. The predicted molar refractivity (Wildman–Crippen MR) is 265 cm³/mol. The number of hydrogen-bond acceptors (Lipinski definition) is 12. The molecule has 362 valence electrons. The molecule has 0 spiro atoms. The van der Waals surface area contributed by atoms with Gasteiger partial charge in [-0.05, 0) is 125 Å². The van der Waals surface area contributed by atoms with Crippen molar-refractivity contribution in [3.8, 4) is 0 Å². The largest absolute Gasteiger partial charge is 0.512 e. The highest BCUT2D eigenvalue weighted by atomic mass is 16.7. The lowest BCUT2D eigenvalue weighted by Crippen LogP contribution is -2.53. The van der Waals surface area contributed by atoms with E-state index < -0.39 is 29.6 Å². The lowest BCUT2D eigenvalue weighted by Gasteiger charge is -2.34. The maximum absolute atomic E-state index is 13.8. The van der Waals surface area contributed by atoms with Gasteiger partial charge >= 0.3 is 23.7 Å². The van der Waals surface area contributed by atoms with E-state index in [4.69, 9.17) is 29.2 Å². The van der Waals surface area contributed by atoms with Crippen LogP contribution in [0.15, 0.2) is 118 Å². The summed E-state index contributed by atoms with van der Waals surface area (Å²) in [4.78, 5) is 56.0. The van der Waals surface area contributed by atoms with E-state index in [2.05, 4.69) is 39.9 Å². The van der Waals surface area contributed by atoms with Crippen LogP contribution in [-0.4, -0.2) is 64.8 Å². The number of allylic oxidation sites excluding steroid dienone is 12. The number of carbonyl (C=O) groups excluding carboxylic acids is 3. The Bertz CT molecular complexity index is 2420. The van der Waals surface area contributed by atoms with Crippen LogP contribution in [-0.2, 0) is 28.6 Å². The van der Waals surface area contributed by atoms with Crippen molar-refractivity contribution in [3.63, 3.8) is 0 Å². The number of carbonyl (C=O) groups is 3. The first-order valence-corrected chi connectivity index (χ1v) is 24.6. The van der Waals surface area contributed by atoms with Crippen LogP contribution < -0.4 is 5.32 Å². The van der Waals surface area contributed by atoms with E-state index in [0.717, 1.165) is 48.5 Å². The molecule has 8 bridgehead atoms. The highest BCUT2D eigenvalue weighted by Gasteiger charge is 2.58. The molecule has 2 saturated heterocycles. The number of aliphatic imine (C=N–C) groups is 3. The Labute approximate surface area is 398 Å². The Hall–Kier alpha value is -5.36. The molecule has 0 aromatic heterocycles. The number of ether oxygens (including phenoxy) is 3. The molecule has 0 aromatic carbocycles. The van der Waals surface area contributed by atoms with Gasteiger partial charge in [-0.25, -0.2) is 24.6 Å². The number of aliphatic hydroxyl groups is 2. The van der Waals surface area contributed by atoms with Crippen LogP contribution in [0, 0.1) is 29.6 Å². The van der Waals surface area contributed by atoms with E-state index in [1.54, 1.807) is 19.9 Å². The van der Waals surface area contributed by atoms with Crippen molar-refractivity contribution in [1.82, 2.24) is 5.32 Å². The van der Waals surface area contributed by atoms with Crippen LogP contribution in [0.25, 0.3) is 0 Å². The number of aliphatic hydroxyl groups excluding tert-OH is 1. The zero-order valence-corrected chi connectivity index (χ0v) is 42.1. The number of cyclic esters (lactones) is 1. The second-order valence-corrected chi connectivity index (χ2v) is 20.0. The standard InChI is InChI=1S/C55H74N4O8/c1-13-39-34(7)41-29-46-48(38(11)60)36(9)43(57-46)27-42-35(8)40(23-24-47(61)66-26-25-33(6)22-16-21-32(5)20-15-19-31(4)18-14-17-30(2)3)51(58-42)50-52-49(37(10)44(59-52)28-45(39)56-41)53(62)67-55(50,64)54(63)65-12/h25,27-32,35,40,58,60,64H,13-24,26H2,1-12H3/b33-25+,41-29?,42-27?,44-28?,48-38+,51-50?/t31-,32-,35+,40+,55?/m1/s1. The summed E-state index contributed by atoms with van der Waals surface area (Å²) in [6.07, 6.45) is 19.5. The number of esters is 3. The summed E-state index contributed by atoms with van der Waals surface area (Å²) in [5, 5.41) is 26.7. The molecule has 12 nitrogen and oxygen atoms in total. The normalized spacial score (nSPS) is 24.3. The molecule has 0 aromatic rings. The molecule has 2 fully saturated rings. The van der Waals surface area contributed by atoms with E-state index >= 15 is 0 Å². The number of hydrogen-bond donors (Lipinski definition) is 3. The Morgan fingerprint density at radius 2 is 1.52 bits per heavy atom. The SMILES string of the molecule is CCC1=C(C)C2=CC3=NC(=C(C)/C3=C(/C)O)C=C3NC(=C4C5=NC(=CC1=N2)C(C)=C5C(=O)OC4(O)C(=O)OC)[C@@H](CCC(=O)OC/C=C(\C)CCC[C@H](C)CCC[C@H](C)CCCC(C)C)[C@@H]3C. The first kappa shape index (κ1) is 51.0. The lowest BCUT2D eigenvalue weighted by molar-refractivity contribution is -0.211. The summed E-state index contributed by atoms with van der Waals surface area (Å²) < 4.78 is 16.5.